The largest absolute Gasteiger partial charge is 0.394 e. The Bertz CT molecular complexity index is 568. The first-order chi connectivity index (χ1) is 10.8. The lowest BCUT2D eigenvalue weighted by Gasteiger charge is -2.09. The Morgan fingerprint density at radius 2 is 1.50 bits per heavy atom. The monoisotopic (exact) mass is 304 g/mol. The van der Waals surface area contributed by atoms with Gasteiger partial charge in [-0.2, -0.15) is 0 Å². The van der Waals surface area contributed by atoms with E-state index in [1.165, 1.54) is 21.9 Å². The fraction of sp³-hybridized carbons (Fsp3) is 0.444. The molecule has 0 bridgehead atoms. The Balaban J connectivity index is 2.04. The van der Waals surface area contributed by atoms with Crippen molar-refractivity contribution in [3.63, 3.8) is 0 Å². The summed E-state index contributed by atoms with van der Waals surface area (Å²) in [6.07, 6.45) is 1.67. The van der Waals surface area contributed by atoms with Crippen molar-refractivity contribution < 1.29 is 19.7 Å². The third kappa shape index (κ3) is 5.07. The highest BCUT2D eigenvalue weighted by Gasteiger charge is 2.03. The molecular formula is C18H24O4. The van der Waals surface area contributed by atoms with Crippen molar-refractivity contribution in [2.24, 2.45) is 0 Å². The molecule has 0 saturated carbocycles. The summed E-state index contributed by atoms with van der Waals surface area (Å²) in [6.45, 7) is 2.14. The lowest BCUT2D eigenvalue weighted by Crippen LogP contribution is -2.04. The van der Waals surface area contributed by atoms with E-state index in [2.05, 4.69) is 36.4 Å². The number of rotatable bonds is 10. The molecule has 0 fully saturated rings. The van der Waals surface area contributed by atoms with Gasteiger partial charge in [0.2, 0.25) is 0 Å². The number of hydrogen-bond acceptors (Lipinski definition) is 4. The van der Waals surface area contributed by atoms with Gasteiger partial charge in [-0.05, 0) is 34.7 Å². The van der Waals surface area contributed by atoms with Crippen LogP contribution in [0, 0.1) is 0 Å². The normalized spacial score (nSPS) is 11.2. The van der Waals surface area contributed by atoms with Crippen molar-refractivity contribution in [3.8, 4) is 0 Å². The molecule has 0 atom stereocenters. The standard InChI is InChI=1S/C18H24O4/c19-8-12-21-10-6-15-4-5-16-2-1-3-17(18(16)14-15)7-11-22-13-9-20/h1-5,14,19-20H,6-13H2. The molecular weight excluding hydrogens is 280 g/mol. The molecule has 0 spiro atoms. The maximum Gasteiger partial charge on any atom is 0.0697 e. The lowest BCUT2D eigenvalue weighted by atomic mass is 9.99. The Morgan fingerprint density at radius 1 is 0.773 bits per heavy atom. The molecule has 22 heavy (non-hydrogen) atoms. The topological polar surface area (TPSA) is 58.9 Å². The van der Waals surface area contributed by atoms with E-state index in [0.29, 0.717) is 26.4 Å². The van der Waals surface area contributed by atoms with E-state index in [1.807, 2.05) is 0 Å². The molecule has 2 aromatic rings. The number of benzene rings is 2. The Morgan fingerprint density at radius 3 is 2.23 bits per heavy atom. The van der Waals surface area contributed by atoms with Crippen molar-refractivity contribution in [1.82, 2.24) is 0 Å². The average Bonchev–Trinajstić information content (AvgIpc) is 2.56. The van der Waals surface area contributed by atoms with E-state index in [4.69, 9.17) is 19.7 Å². The number of hydrogen-bond donors (Lipinski definition) is 2. The molecule has 2 N–H and O–H groups in total. The Kier molecular flexibility index (Phi) is 7.33. The van der Waals surface area contributed by atoms with Crippen LogP contribution in [0.4, 0.5) is 0 Å². The molecule has 0 aromatic heterocycles. The first-order valence-corrected chi connectivity index (χ1v) is 7.73. The van der Waals surface area contributed by atoms with Crippen LogP contribution in [0.5, 0.6) is 0 Å². The average molecular weight is 304 g/mol. The maximum atomic E-state index is 8.74. The molecule has 4 heteroatoms. The van der Waals surface area contributed by atoms with Crippen molar-refractivity contribution in [2.75, 3.05) is 39.6 Å². The molecule has 0 unspecified atom stereocenters. The summed E-state index contributed by atoms with van der Waals surface area (Å²) in [5, 5.41) is 19.9. The zero-order valence-corrected chi connectivity index (χ0v) is 12.8. The van der Waals surface area contributed by atoms with Gasteiger partial charge in [0.15, 0.2) is 0 Å². The molecule has 0 saturated heterocycles. The van der Waals surface area contributed by atoms with Gasteiger partial charge in [-0.25, -0.2) is 0 Å². The van der Waals surface area contributed by atoms with Gasteiger partial charge in [0.25, 0.3) is 0 Å². The first-order valence-electron chi connectivity index (χ1n) is 7.73. The Hall–Kier alpha value is -1.46. The van der Waals surface area contributed by atoms with E-state index in [1.54, 1.807) is 0 Å². The van der Waals surface area contributed by atoms with Gasteiger partial charge in [0.05, 0.1) is 39.6 Å². The fourth-order valence-corrected chi connectivity index (χ4v) is 2.46. The summed E-state index contributed by atoms with van der Waals surface area (Å²) in [7, 11) is 0. The van der Waals surface area contributed by atoms with E-state index in [9.17, 15) is 0 Å². The second-order valence-electron chi connectivity index (χ2n) is 5.14. The van der Waals surface area contributed by atoms with Gasteiger partial charge >= 0.3 is 0 Å². The van der Waals surface area contributed by atoms with Crippen molar-refractivity contribution in [1.29, 1.82) is 0 Å². The molecule has 2 aromatic carbocycles. The summed E-state index contributed by atoms with van der Waals surface area (Å²) in [5.74, 6) is 0. The van der Waals surface area contributed by atoms with Crippen LogP contribution >= 0.6 is 0 Å². The maximum absolute atomic E-state index is 8.74. The summed E-state index contributed by atoms with van der Waals surface area (Å²) >= 11 is 0. The second-order valence-corrected chi connectivity index (χ2v) is 5.14. The van der Waals surface area contributed by atoms with Crippen LogP contribution in [0.25, 0.3) is 10.8 Å². The minimum Gasteiger partial charge on any atom is -0.394 e. The number of fused-ring (bicyclic) bond motifs is 1. The van der Waals surface area contributed by atoms with Crippen LogP contribution in [-0.4, -0.2) is 49.9 Å². The number of aliphatic hydroxyl groups is 2. The summed E-state index contributed by atoms with van der Waals surface area (Å²) in [6, 6.07) is 12.8. The number of ether oxygens (including phenoxy) is 2. The molecule has 0 aliphatic rings. The van der Waals surface area contributed by atoms with E-state index in [-0.39, 0.29) is 13.2 Å². The summed E-state index contributed by atoms with van der Waals surface area (Å²) in [4.78, 5) is 0. The van der Waals surface area contributed by atoms with Crippen LogP contribution in [0.1, 0.15) is 11.1 Å². The van der Waals surface area contributed by atoms with Gasteiger partial charge < -0.3 is 19.7 Å². The van der Waals surface area contributed by atoms with Gasteiger partial charge in [-0.3, -0.25) is 0 Å². The highest BCUT2D eigenvalue weighted by atomic mass is 16.5. The highest BCUT2D eigenvalue weighted by Crippen LogP contribution is 2.21. The van der Waals surface area contributed by atoms with E-state index < -0.39 is 0 Å². The zero-order valence-electron chi connectivity index (χ0n) is 12.8. The van der Waals surface area contributed by atoms with Crippen LogP contribution in [0.2, 0.25) is 0 Å². The quantitative estimate of drug-likeness (QED) is 0.659. The van der Waals surface area contributed by atoms with Crippen LogP contribution < -0.4 is 0 Å². The third-order valence-corrected chi connectivity index (χ3v) is 3.56. The van der Waals surface area contributed by atoms with Gasteiger partial charge in [-0.15, -0.1) is 0 Å². The first kappa shape index (κ1) is 16.9. The highest BCUT2D eigenvalue weighted by molar-refractivity contribution is 5.86. The molecule has 120 valence electrons. The molecule has 0 heterocycles. The van der Waals surface area contributed by atoms with Crippen LogP contribution in [0.3, 0.4) is 0 Å². The van der Waals surface area contributed by atoms with Gasteiger partial charge in [0, 0.05) is 0 Å². The van der Waals surface area contributed by atoms with Gasteiger partial charge in [0.1, 0.15) is 0 Å². The molecule has 0 radical (unpaired) electrons. The van der Waals surface area contributed by atoms with Crippen molar-refractivity contribution in [2.45, 2.75) is 12.8 Å². The van der Waals surface area contributed by atoms with E-state index >= 15 is 0 Å². The van der Waals surface area contributed by atoms with Crippen LogP contribution in [0.15, 0.2) is 36.4 Å². The van der Waals surface area contributed by atoms with Crippen molar-refractivity contribution in [3.05, 3.63) is 47.5 Å². The molecule has 0 amide bonds. The fourth-order valence-electron chi connectivity index (χ4n) is 2.46. The predicted octanol–water partition coefficient (Wildman–Crippen LogP) is 1.94. The third-order valence-electron chi connectivity index (χ3n) is 3.56. The molecule has 4 nitrogen and oxygen atoms in total. The molecule has 0 aliphatic carbocycles. The van der Waals surface area contributed by atoms with Crippen molar-refractivity contribution >= 4 is 10.8 Å². The summed E-state index contributed by atoms with van der Waals surface area (Å²) < 4.78 is 10.7. The smallest absolute Gasteiger partial charge is 0.0697 e. The summed E-state index contributed by atoms with van der Waals surface area (Å²) in [5.41, 5.74) is 2.49. The number of aliphatic hydroxyl groups excluding tert-OH is 2. The minimum absolute atomic E-state index is 0.0630. The van der Waals surface area contributed by atoms with E-state index in [0.717, 1.165) is 12.8 Å². The molecule has 2 rings (SSSR count). The minimum atomic E-state index is 0.0630. The second kappa shape index (κ2) is 9.54. The Labute approximate surface area is 131 Å². The van der Waals surface area contributed by atoms with Crippen LogP contribution in [-0.2, 0) is 22.3 Å². The SMILES string of the molecule is OCCOCCc1ccc2cccc(CCOCCO)c2c1. The zero-order chi connectivity index (χ0) is 15.6. The van der Waals surface area contributed by atoms with Gasteiger partial charge in [-0.1, -0.05) is 36.4 Å². The predicted molar refractivity (Wildman–Crippen MR) is 87.2 cm³/mol. The lowest BCUT2D eigenvalue weighted by molar-refractivity contribution is 0.0944. The molecule has 0 aliphatic heterocycles.